The number of rotatable bonds is 3. The zero-order valence-electron chi connectivity index (χ0n) is 11.9. The largest absolute Gasteiger partial charge is 0.310 e. The van der Waals surface area contributed by atoms with Crippen LogP contribution in [0.4, 0.5) is 5.82 Å². The Morgan fingerprint density at radius 3 is 2.48 bits per heavy atom. The monoisotopic (exact) mass is 344 g/mol. The molecule has 1 N–H and O–H groups in total. The Balaban J connectivity index is 1.85. The van der Waals surface area contributed by atoms with Crippen molar-refractivity contribution in [3.63, 3.8) is 0 Å². The van der Waals surface area contributed by atoms with Crippen LogP contribution in [0.25, 0.3) is 0 Å². The number of pyridine rings is 1. The Morgan fingerprint density at radius 2 is 1.90 bits per heavy atom. The molecule has 1 aromatic carbocycles. The molecule has 1 amide bonds. The summed E-state index contributed by atoms with van der Waals surface area (Å²) in [6.07, 6.45) is 2.88. The molecule has 1 aliphatic carbocycles. The molecule has 3 rings (SSSR count). The number of nitrogens with zero attached hydrogens (tertiary/aromatic N) is 1. The van der Waals surface area contributed by atoms with Crippen LogP contribution in [0.3, 0.4) is 0 Å². The molecule has 0 radical (unpaired) electrons. The Hall–Kier alpha value is -1.68. The number of carbonyl (C=O) groups excluding carboxylic acids is 1. The lowest BCUT2D eigenvalue weighted by Gasteiger charge is -2.40. The van der Waals surface area contributed by atoms with E-state index in [1.165, 1.54) is 0 Å². The first-order chi connectivity index (χ1) is 10.1. The van der Waals surface area contributed by atoms with E-state index in [4.69, 9.17) is 0 Å². The molecular weight excluding hydrogens is 328 g/mol. The van der Waals surface area contributed by atoms with Crippen LogP contribution in [0.15, 0.2) is 46.9 Å². The number of nitrogens with one attached hydrogen (secondary N) is 1. The highest BCUT2D eigenvalue weighted by Crippen LogP contribution is 2.44. The predicted octanol–water partition coefficient (Wildman–Crippen LogP) is 4.21. The summed E-state index contributed by atoms with van der Waals surface area (Å²) in [6, 6.07) is 13.7. The lowest BCUT2D eigenvalue weighted by Crippen LogP contribution is -2.46. The Morgan fingerprint density at radius 1 is 1.19 bits per heavy atom. The maximum Gasteiger partial charge on any atom is 0.236 e. The van der Waals surface area contributed by atoms with Gasteiger partial charge in [0.05, 0.1) is 5.41 Å². The van der Waals surface area contributed by atoms with Gasteiger partial charge in [-0.15, -0.1) is 0 Å². The molecule has 0 bridgehead atoms. The number of hydrogen-bond donors (Lipinski definition) is 1. The molecule has 1 fully saturated rings. The average Bonchev–Trinajstić information content (AvgIpc) is 2.39. The fourth-order valence-electron chi connectivity index (χ4n) is 2.79. The second-order valence-electron chi connectivity index (χ2n) is 5.56. The zero-order chi connectivity index (χ0) is 14.9. The van der Waals surface area contributed by atoms with Crippen LogP contribution in [-0.4, -0.2) is 10.9 Å². The number of carbonyl (C=O) groups is 1. The van der Waals surface area contributed by atoms with Gasteiger partial charge in [-0.05, 0) is 49.6 Å². The lowest BCUT2D eigenvalue weighted by molar-refractivity contribution is -0.124. The molecule has 4 heteroatoms. The molecule has 0 unspecified atom stereocenters. The second kappa shape index (κ2) is 5.60. The van der Waals surface area contributed by atoms with Crippen LogP contribution in [0.5, 0.6) is 0 Å². The van der Waals surface area contributed by atoms with Gasteiger partial charge >= 0.3 is 0 Å². The van der Waals surface area contributed by atoms with Crippen LogP contribution < -0.4 is 5.32 Å². The van der Waals surface area contributed by atoms with Gasteiger partial charge in [0.15, 0.2) is 0 Å². The highest BCUT2D eigenvalue weighted by Gasteiger charge is 2.45. The number of aryl methyl sites for hydroxylation is 1. The standard InChI is InChI=1S/C17H17BrN2O/c1-12-4-2-5-15(19-12)20-16(21)17(10-3-11-17)13-6-8-14(18)9-7-13/h2,4-9H,3,10-11H2,1H3,(H,19,20,21). The van der Waals surface area contributed by atoms with E-state index in [0.717, 1.165) is 35.0 Å². The molecule has 1 aromatic heterocycles. The number of hydrogen-bond acceptors (Lipinski definition) is 2. The summed E-state index contributed by atoms with van der Waals surface area (Å²) in [5, 5.41) is 2.98. The topological polar surface area (TPSA) is 42.0 Å². The predicted molar refractivity (Wildman–Crippen MR) is 87.3 cm³/mol. The minimum absolute atomic E-state index is 0.0502. The fourth-order valence-corrected chi connectivity index (χ4v) is 3.06. The molecule has 0 atom stereocenters. The first kappa shape index (κ1) is 14.3. The summed E-state index contributed by atoms with van der Waals surface area (Å²) < 4.78 is 1.03. The number of halogens is 1. The molecule has 2 aromatic rings. The SMILES string of the molecule is Cc1cccc(NC(=O)C2(c3ccc(Br)cc3)CCC2)n1. The van der Waals surface area contributed by atoms with Crippen LogP contribution >= 0.6 is 15.9 Å². The van der Waals surface area contributed by atoms with Crippen LogP contribution in [0.1, 0.15) is 30.5 Å². The third-order valence-corrected chi connectivity index (χ3v) is 4.70. The molecule has 1 heterocycles. The van der Waals surface area contributed by atoms with E-state index in [1.807, 2.05) is 49.4 Å². The molecular formula is C17H17BrN2O. The van der Waals surface area contributed by atoms with Crippen molar-refractivity contribution in [3.8, 4) is 0 Å². The lowest BCUT2D eigenvalue weighted by atomic mass is 9.64. The molecule has 0 spiro atoms. The summed E-state index contributed by atoms with van der Waals surface area (Å²) in [7, 11) is 0. The van der Waals surface area contributed by atoms with Gasteiger partial charge in [0.1, 0.15) is 5.82 Å². The number of benzene rings is 1. The summed E-state index contributed by atoms with van der Waals surface area (Å²) in [6.45, 7) is 1.92. The minimum atomic E-state index is -0.397. The summed E-state index contributed by atoms with van der Waals surface area (Å²) in [5.41, 5.74) is 1.59. The molecule has 0 saturated heterocycles. The first-order valence-corrected chi connectivity index (χ1v) is 7.91. The van der Waals surface area contributed by atoms with Crippen molar-refractivity contribution in [3.05, 3.63) is 58.2 Å². The maximum atomic E-state index is 12.8. The van der Waals surface area contributed by atoms with Crippen molar-refractivity contribution in [1.82, 2.24) is 4.98 Å². The highest BCUT2D eigenvalue weighted by atomic mass is 79.9. The molecule has 1 aliphatic rings. The molecule has 108 valence electrons. The van der Waals surface area contributed by atoms with Crippen molar-refractivity contribution in [2.75, 3.05) is 5.32 Å². The molecule has 21 heavy (non-hydrogen) atoms. The average molecular weight is 345 g/mol. The van der Waals surface area contributed by atoms with Crippen LogP contribution in [-0.2, 0) is 10.2 Å². The van der Waals surface area contributed by atoms with Crippen molar-refractivity contribution >= 4 is 27.7 Å². The van der Waals surface area contributed by atoms with E-state index in [-0.39, 0.29) is 5.91 Å². The van der Waals surface area contributed by atoms with Gasteiger partial charge < -0.3 is 5.32 Å². The smallest absolute Gasteiger partial charge is 0.236 e. The number of aromatic nitrogens is 1. The van der Waals surface area contributed by atoms with E-state index < -0.39 is 5.41 Å². The van der Waals surface area contributed by atoms with E-state index in [1.54, 1.807) is 0 Å². The van der Waals surface area contributed by atoms with E-state index in [0.29, 0.717) is 5.82 Å². The van der Waals surface area contributed by atoms with Gasteiger partial charge in [-0.3, -0.25) is 4.79 Å². The van der Waals surface area contributed by atoms with Gasteiger partial charge in [-0.1, -0.05) is 40.5 Å². The molecule has 1 saturated carbocycles. The third kappa shape index (κ3) is 2.72. The molecule has 3 nitrogen and oxygen atoms in total. The fraction of sp³-hybridized carbons (Fsp3) is 0.294. The van der Waals surface area contributed by atoms with Gasteiger partial charge in [-0.2, -0.15) is 0 Å². The van der Waals surface area contributed by atoms with Gasteiger partial charge in [0, 0.05) is 10.2 Å². The summed E-state index contributed by atoms with van der Waals surface area (Å²) in [4.78, 5) is 17.1. The highest BCUT2D eigenvalue weighted by molar-refractivity contribution is 9.10. The van der Waals surface area contributed by atoms with Crippen LogP contribution in [0.2, 0.25) is 0 Å². The summed E-state index contributed by atoms with van der Waals surface area (Å²) in [5.74, 6) is 0.678. The normalized spacial score (nSPS) is 16.1. The third-order valence-electron chi connectivity index (χ3n) is 4.17. The van der Waals surface area contributed by atoms with Crippen molar-refractivity contribution < 1.29 is 4.79 Å². The van der Waals surface area contributed by atoms with Crippen molar-refractivity contribution in [1.29, 1.82) is 0 Å². The minimum Gasteiger partial charge on any atom is -0.310 e. The van der Waals surface area contributed by atoms with Gasteiger partial charge in [0.2, 0.25) is 5.91 Å². The van der Waals surface area contributed by atoms with E-state index in [2.05, 4.69) is 26.2 Å². The van der Waals surface area contributed by atoms with Gasteiger partial charge in [-0.25, -0.2) is 4.98 Å². The van der Waals surface area contributed by atoms with Crippen LogP contribution in [0, 0.1) is 6.92 Å². The quantitative estimate of drug-likeness (QED) is 0.905. The molecule has 0 aliphatic heterocycles. The van der Waals surface area contributed by atoms with E-state index >= 15 is 0 Å². The zero-order valence-corrected chi connectivity index (χ0v) is 13.5. The summed E-state index contributed by atoms with van der Waals surface area (Å²) >= 11 is 3.44. The van der Waals surface area contributed by atoms with Gasteiger partial charge in [0.25, 0.3) is 0 Å². The first-order valence-electron chi connectivity index (χ1n) is 7.11. The van der Waals surface area contributed by atoms with Crippen molar-refractivity contribution in [2.24, 2.45) is 0 Å². The Labute approximate surface area is 132 Å². The Kier molecular flexibility index (Phi) is 3.81. The maximum absolute atomic E-state index is 12.8. The number of amides is 1. The van der Waals surface area contributed by atoms with E-state index in [9.17, 15) is 4.79 Å². The van der Waals surface area contributed by atoms with Crippen molar-refractivity contribution in [2.45, 2.75) is 31.6 Å². The Bertz CT molecular complexity index is 663. The number of anilines is 1. The second-order valence-corrected chi connectivity index (χ2v) is 6.48.